The lowest BCUT2D eigenvalue weighted by molar-refractivity contribution is -0.143. The maximum Gasteiger partial charge on any atom is 0.327 e. The van der Waals surface area contributed by atoms with Crippen molar-refractivity contribution < 1.29 is 28.9 Å². The highest BCUT2D eigenvalue weighted by Gasteiger charge is 2.71. The molecule has 0 bridgehead atoms. The molecule has 4 nitrogen and oxygen atoms in total. The number of hydrogen-bond donors (Lipinski definition) is 3. The zero-order valence-electron chi connectivity index (χ0n) is 6.00. The summed E-state index contributed by atoms with van der Waals surface area (Å²) in [4.78, 5) is 9.25. The molecule has 3 N–H and O–H groups in total. The van der Waals surface area contributed by atoms with Crippen LogP contribution in [0.4, 0.5) is 8.78 Å². The van der Waals surface area contributed by atoms with Crippen molar-refractivity contribution in [3.63, 3.8) is 0 Å². The molecule has 70 valence electrons. The molecule has 0 aromatic rings. The molecule has 0 aliphatic heterocycles. The number of aliphatic carboxylic acids is 1. The average molecular weight is 182 g/mol. The number of aliphatic hydroxyl groups is 2. The molecule has 1 aliphatic carbocycles. The minimum Gasteiger partial charge on any atom is -0.478 e. The largest absolute Gasteiger partial charge is 0.478 e. The van der Waals surface area contributed by atoms with Crippen LogP contribution in [0, 0.1) is 0 Å². The topological polar surface area (TPSA) is 77.8 Å². The summed E-state index contributed by atoms with van der Waals surface area (Å²) in [6, 6.07) is 0. The predicted molar refractivity (Wildman–Crippen MR) is 34.6 cm³/mol. The molecule has 0 saturated heterocycles. The van der Waals surface area contributed by atoms with Crippen molar-refractivity contribution in [1.29, 1.82) is 0 Å². The third-order valence-electron chi connectivity index (χ3n) is 1.10. The molecule has 1 fully saturated rings. The quantitative estimate of drug-likeness (QED) is 0.393. The monoisotopic (exact) mass is 182 g/mol. The van der Waals surface area contributed by atoms with E-state index in [4.69, 9.17) is 15.3 Å². The Bertz CT molecular complexity index is 188. The standard InChI is InChI=1S/C3H4F2O2.C3H4O2/c4-2(5)1-3(2,6)7;1-2-3(4)5/h6-7H,1H2;2H,1H2,(H,4,5). The molecule has 0 aromatic heterocycles. The van der Waals surface area contributed by atoms with Crippen molar-refractivity contribution in [2.75, 3.05) is 0 Å². The van der Waals surface area contributed by atoms with Gasteiger partial charge in [-0.3, -0.25) is 0 Å². The average Bonchev–Trinajstić information content (AvgIpc) is 2.30. The Morgan fingerprint density at radius 3 is 1.67 bits per heavy atom. The van der Waals surface area contributed by atoms with Crippen LogP contribution >= 0.6 is 0 Å². The predicted octanol–water partition coefficient (Wildman–Crippen LogP) is -0.0367. The van der Waals surface area contributed by atoms with Gasteiger partial charge in [-0.15, -0.1) is 0 Å². The molecule has 1 saturated carbocycles. The van der Waals surface area contributed by atoms with Gasteiger partial charge < -0.3 is 15.3 Å². The fraction of sp³-hybridized carbons (Fsp3) is 0.500. The molecular weight excluding hydrogens is 174 g/mol. The summed E-state index contributed by atoms with van der Waals surface area (Å²) in [6.07, 6.45) is 0.0139. The van der Waals surface area contributed by atoms with Crippen LogP contribution in [-0.4, -0.2) is 33.0 Å². The molecule has 0 radical (unpaired) electrons. The summed E-state index contributed by atoms with van der Waals surface area (Å²) in [5, 5.41) is 23.5. The molecule has 1 rings (SSSR count). The minimum atomic E-state index is -3.24. The van der Waals surface area contributed by atoms with Gasteiger partial charge in [-0.25, -0.2) is 13.6 Å². The number of rotatable bonds is 1. The summed E-state index contributed by atoms with van der Waals surface area (Å²) < 4.78 is 22.8. The van der Waals surface area contributed by atoms with Crippen LogP contribution < -0.4 is 0 Å². The highest BCUT2D eigenvalue weighted by molar-refractivity contribution is 5.78. The van der Waals surface area contributed by atoms with Gasteiger partial charge >= 0.3 is 11.9 Å². The Labute approximate surface area is 66.7 Å². The van der Waals surface area contributed by atoms with E-state index in [0.717, 1.165) is 6.08 Å². The SMILES string of the molecule is C=CC(=O)O.OC1(O)CC1(F)F. The first-order valence-electron chi connectivity index (χ1n) is 2.91. The fourth-order valence-electron chi connectivity index (χ4n) is 0.265. The molecule has 1 aliphatic rings. The van der Waals surface area contributed by atoms with Gasteiger partial charge in [-0.1, -0.05) is 6.58 Å². The summed E-state index contributed by atoms with van der Waals surface area (Å²) in [7, 11) is 0. The van der Waals surface area contributed by atoms with Crippen molar-refractivity contribution in [2.24, 2.45) is 0 Å². The Kier molecular flexibility index (Phi) is 2.89. The van der Waals surface area contributed by atoms with Gasteiger partial charge in [0.1, 0.15) is 0 Å². The summed E-state index contributed by atoms with van der Waals surface area (Å²) in [5.41, 5.74) is 0. The number of hydrogen-bond acceptors (Lipinski definition) is 3. The third kappa shape index (κ3) is 2.93. The Morgan fingerprint density at radius 2 is 1.67 bits per heavy atom. The molecule has 0 heterocycles. The number of carboxylic acid groups (broad SMARTS) is 1. The van der Waals surface area contributed by atoms with E-state index in [1.807, 2.05) is 0 Å². The first-order chi connectivity index (χ1) is 5.23. The van der Waals surface area contributed by atoms with Crippen molar-refractivity contribution in [3.05, 3.63) is 12.7 Å². The lowest BCUT2D eigenvalue weighted by atomic mass is 10.7. The van der Waals surface area contributed by atoms with E-state index in [-0.39, 0.29) is 0 Å². The maximum absolute atomic E-state index is 11.4. The number of halogens is 2. The zero-order valence-corrected chi connectivity index (χ0v) is 6.00. The number of carboxylic acids is 1. The lowest BCUT2D eigenvalue weighted by Crippen LogP contribution is -2.15. The van der Waals surface area contributed by atoms with Gasteiger partial charge in [-0.05, 0) is 0 Å². The first kappa shape index (κ1) is 11.0. The normalized spacial score (nSPS) is 21.7. The second-order valence-corrected chi connectivity index (χ2v) is 2.24. The van der Waals surface area contributed by atoms with Gasteiger partial charge in [0.05, 0.1) is 6.42 Å². The van der Waals surface area contributed by atoms with E-state index >= 15 is 0 Å². The summed E-state index contributed by atoms with van der Waals surface area (Å²) >= 11 is 0. The van der Waals surface area contributed by atoms with Crippen LogP contribution in [0.25, 0.3) is 0 Å². The minimum absolute atomic E-state index is 0.819. The van der Waals surface area contributed by atoms with E-state index in [2.05, 4.69) is 6.58 Å². The Morgan fingerprint density at radius 1 is 1.50 bits per heavy atom. The van der Waals surface area contributed by atoms with Gasteiger partial charge in [-0.2, -0.15) is 0 Å². The van der Waals surface area contributed by atoms with Crippen LogP contribution in [0.15, 0.2) is 12.7 Å². The van der Waals surface area contributed by atoms with Crippen molar-refractivity contribution >= 4 is 5.97 Å². The van der Waals surface area contributed by atoms with E-state index in [1.165, 1.54) is 0 Å². The van der Waals surface area contributed by atoms with Crippen LogP contribution in [0.2, 0.25) is 0 Å². The van der Waals surface area contributed by atoms with Crippen molar-refractivity contribution in [3.8, 4) is 0 Å². The van der Waals surface area contributed by atoms with E-state index < -0.39 is 24.1 Å². The second-order valence-electron chi connectivity index (χ2n) is 2.24. The van der Waals surface area contributed by atoms with Gasteiger partial charge in [0, 0.05) is 6.08 Å². The molecule has 12 heavy (non-hydrogen) atoms. The van der Waals surface area contributed by atoms with Gasteiger partial charge in [0.2, 0.25) is 5.79 Å². The lowest BCUT2D eigenvalue weighted by Gasteiger charge is -1.94. The maximum atomic E-state index is 11.4. The molecule has 6 heteroatoms. The van der Waals surface area contributed by atoms with Crippen LogP contribution in [0.5, 0.6) is 0 Å². The van der Waals surface area contributed by atoms with E-state index in [0.29, 0.717) is 0 Å². The molecular formula is C6H8F2O4. The smallest absolute Gasteiger partial charge is 0.327 e. The summed E-state index contributed by atoms with van der Waals surface area (Å²) in [6.45, 7) is 2.96. The van der Waals surface area contributed by atoms with E-state index in [9.17, 15) is 13.6 Å². The van der Waals surface area contributed by atoms with Crippen molar-refractivity contribution in [2.45, 2.75) is 18.1 Å². The zero-order chi connectivity index (χ0) is 9.99. The third-order valence-corrected chi connectivity index (χ3v) is 1.10. The second kappa shape index (κ2) is 3.16. The Hall–Kier alpha value is -1.01. The van der Waals surface area contributed by atoms with Gasteiger partial charge in [0.15, 0.2) is 0 Å². The molecule has 0 amide bonds. The molecule has 0 aromatic carbocycles. The Balaban J connectivity index is 0.000000217. The highest BCUT2D eigenvalue weighted by atomic mass is 19.3. The van der Waals surface area contributed by atoms with Crippen LogP contribution in [0.3, 0.4) is 0 Å². The number of alkyl halides is 2. The summed E-state index contributed by atoms with van der Waals surface area (Å²) in [5.74, 6) is -6.91. The molecule has 0 spiro atoms. The van der Waals surface area contributed by atoms with Crippen LogP contribution in [-0.2, 0) is 4.79 Å². The fourth-order valence-corrected chi connectivity index (χ4v) is 0.265. The number of carbonyl (C=O) groups is 1. The first-order valence-corrected chi connectivity index (χ1v) is 2.91. The van der Waals surface area contributed by atoms with E-state index in [1.54, 1.807) is 0 Å². The van der Waals surface area contributed by atoms with Crippen LogP contribution in [0.1, 0.15) is 6.42 Å². The molecule has 0 atom stereocenters. The highest BCUT2D eigenvalue weighted by Crippen LogP contribution is 2.50. The van der Waals surface area contributed by atoms with Crippen molar-refractivity contribution in [1.82, 2.24) is 0 Å². The van der Waals surface area contributed by atoms with Gasteiger partial charge in [0.25, 0.3) is 0 Å². The molecule has 0 unspecified atom stereocenters.